The van der Waals surface area contributed by atoms with Crippen LogP contribution in [-0.4, -0.2) is 46.4 Å². The Morgan fingerprint density at radius 1 is 0.263 bits per heavy atom. The number of aryl methyl sites for hydroxylation is 4. The summed E-state index contributed by atoms with van der Waals surface area (Å²) in [6.07, 6.45) is 20.3. The molecule has 13 heterocycles. The van der Waals surface area contributed by atoms with Crippen LogP contribution in [0.15, 0.2) is 170 Å². The molecule has 2 N–H and O–H groups in total. The van der Waals surface area contributed by atoms with Crippen molar-refractivity contribution in [2.45, 2.75) is 77.0 Å². The van der Waals surface area contributed by atoms with Crippen LogP contribution in [0.5, 0.6) is 23.0 Å². The number of hydrogen-bond donors (Lipinski definition) is 2. The molecule has 0 aliphatic carbocycles. The van der Waals surface area contributed by atoms with Gasteiger partial charge in [0.1, 0.15) is 23.0 Å². The van der Waals surface area contributed by atoms with Crippen LogP contribution < -0.4 is 18.9 Å². The molecule has 9 aromatic rings. The molecule has 19 rings (SSSR count). The van der Waals surface area contributed by atoms with Gasteiger partial charge in [0.15, 0.2) is 0 Å². The van der Waals surface area contributed by atoms with Gasteiger partial charge in [-0.3, -0.25) is 0 Å². The summed E-state index contributed by atoms with van der Waals surface area (Å²) in [7, 11) is 0. The minimum Gasteiger partial charge on any atom is -0.493 e. The van der Waals surface area contributed by atoms with E-state index in [0.717, 1.165) is 189 Å². The molecule has 8 heteroatoms. The monoisotopic (exact) mass is 1050 g/mol. The van der Waals surface area contributed by atoms with Crippen LogP contribution in [-0.2, 0) is 25.7 Å². The van der Waals surface area contributed by atoms with E-state index in [2.05, 4.69) is 204 Å². The number of benzene rings is 6. The Morgan fingerprint density at radius 2 is 0.500 bits per heavy atom. The molecule has 0 radical (unpaired) electrons. The van der Waals surface area contributed by atoms with Gasteiger partial charge in [-0.25, -0.2) is 9.97 Å². The molecule has 0 atom stereocenters. The summed E-state index contributed by atoms with van der Waals surface area (Å²) in [5, 5.41) is 0. The van der Waals surface area contributed by atoms with E-state index in [-0.39, 0.29) is 0 Å². The van der Waals surface area contributed by atoms with Gasteiger partial charge in [0, 0.05) is 66.6 Å². The minimum absolute atomic E-state index is 0.583. The SMILES string of the molecule is C1=Cc2nc1c1c3ccc([nH]3)c3c4nc(c(c5ccc([nH]5)c2-c2ccccc2OCCCCc2ccc(cc2)CCCCOc2ccccc2-3)-c2ccccc2OCCCCc2ccc(cc2)CCCCOc2ccccc2-1)C=C4. The zero-order valence-electron chi connectivity index (χ0n) is 45.3. The molecule has 0 fully saturated rings. The molecular weight excluding hydrogens is 985 g/mol. The average molecular weight is 1050 g/mol. The fourth-order valence-electron chi connectivity index (χ4n) is 11.7. The molecule has 0 amide bonds. The van der Waals surface area contributed by atoms with Crippen molar-refractivity contribution in [3.8, 4) is 67.5 Å². The molecule has 10 aliphatic heterocycles. The number of aromatic nitrogens is 4. The summed E-state index contributed by atoms with van der Waals surface area (Å²) in [4.78, 5) is 19.3. The van der Waals surface area contributed by atoms with Gasteiger partial charge in [0.05, 0.1) is 49.2 Å². The summed E-state index contributed by atoms with van der Waals surface area (Å²) in [6, 6.07) is 60.7. The van der Waals surface area contributed by atoms with Crippen molar-refractivity contribution in [2.75, 3.05) is 26.4 Å². The number of hydrogen-bond acceptors (Lipinski definition) is 6. The van der Waals surface area contributed by atoms with E-state index in [4.69, 9.17) is 28.9 Å². The first-order valence-electron chi connectivity index (χ1n) is 28.9. The molecule has 3 aromatic heterocycles. The van der Waals surface area contributed by atoms with E-state index in [0.29, 0.717) is 26.4 Å². The summed E-state index contributed by atoms with van der Waals surface area (Å²) >= 11 is 0. The first kappa shape index (κ1) is 50.6. The van der Waals surface area contributed by atoms with Gasteiger partial charge in [-0.1, -0.05) is 121 Å². The van der Waals surface area contributed by atoms with Gasteiger partial charge in [-0.2, -0.15) is 0 Å². The minimum atomic E-state index is 0.583. The highest BCUT2D eigenvalue weighted by molar-refractivity contribution is 6.01. The molecule has 0 spiro atoms. The zero-order chi connectivity index (χ0) is 53.5. The van der Waals surface area contributed by atoms with E-state index in [1.165, 1.54) is 22.3 Å². The third-order valence-electron chi connectivity index (χ3n) is 15.9. The number of H-pyrrole nitrogens is 2. The number of nitrogens with one attached hydrogen (secondary N) is 2. The molecule has 16 bridgehead atoms. The Morgan fingerprint density at radius 3 is 0.750 bits per heavy atom. The second kappa shape index (κ2) is 23.6. The summed E-state index contributed by atoms with van der Waals surface area (Å²) in [5.74, 6) is 3.22. The number of nitrogens with zero attached hydrogens (tertiary/aromatic N) is 2. The lowest BCUT2D eigenvalue weighted by Crippen LogP contribution is -2.01. The highest BCUT2D eigenvalue weighted by Gasteiger charge is 2.23. The topological polar surface area (TPSA) is 94.3 Å². The highest BCUT2D eigenvalue weighted by Crippen LogP contribution is 2.44. The average Bonchev–Trinajstić information content (AvgIpc) is 4.38. The van der Waals surface area contributed by atoms with Gasteiger partial charge in [0.2, 0.25) is 0 Å². The molecule has 8 nitrogen and oxygen atoms in total. The third-order valence-corrected chi connectivity index (χ3v) is 15.9. The van der Waals surface area contributed by atoms with Crippen molar-refractivity contribution < 1.29 is 18.9 Å². The first-order valence-corrected chi connectivity index (χ1v) is 28.9. The second-order valence-corrected chi connectivity index (χ2v) is 21.3. The quantitative estimate of drug-likeness (QED) is 0.157. The van der Waals surface area contributed by atoms with Gasteiger partial charge >= 0.3 is 0 Å². The van der Waals surface area contributed by atoms with E-state index < -0.39 is 0 Å². The lowest BCUT2D eigenvalue weighted by atomic mass is 10.0. The van der Waals surface area contributed by atoms with Crippen LogP contribution in [0.4, 0.5) is 0 Å². The maximum Gasteiger partial charge on any atom is 0.127 e. The maximum atomic E-state index is 6.84. The van der Waals surface area contributed by atoms with Crippen LogP contribution in [0.3, 0.4) is 0 Å². The molecule has 6 aromatic carbocycles. The lowest BCUT2D eigenvalue weighted by molar-refractivity contribution is 0.308. The van der Waals surface area contributed by atoms with Gasteiger partial charge in [-0.15, -0.1) is 0 Å². The first-order chi connectivity index (χ1) is 39.7. The second-order valence-electron chi connectivity index (χ2n) is 21.3. The molecule has 0 saturated carbocycles. The standard InChI is InChI=1S/C72H66N4O4/c1-5-25-65-53(21-1)69-57-37-39-59(73-57)70-54-22-2-6-26-66(54)78-46-14-10-19-51-33-35-52(36-34-51)20-11-15-47-79-67-27-7-3-23-55(67)71(60-40-38-58(69)74-60)62-42-44-64(76-62)72(63-43-41-61(70)75-63)56-24-4-8-28-68(56)80-48-16-12-18-50-31-29-49(30-32-50)17-9-13-45-77-65/h1-8,21-44,73,76H,9-20,45-48H2. The summed E-state index contributed by atoms with van der Waals surface area (Å²) < 4.78 is 27.4. The summed E-state index contributed by atoms with van der Waals surface area (Å²) in [5.41, 5.74) is 19.7. The molecule has 398 valence electrons. The van der Waals surface area contributed by atoms with Crippen LogP contribution in [0, 0.1) is 0 Å². The Bertz CT molecular complexity index is 3420. The molecule has 0 saturated heterocycles. The fourth-order valence-corrected chi connectivity index (χ4v) is 11.7. The van der Waals surface area contributed by atoms with E-state index in [1.54, 1.807) is 0 Å². The van der Waals surface area contributed by atoms with Crippen molar-refractivity contribution in [3.05, 3.63) is 215 Å². The van der Waals surface area contributed by atoms with Crippen molar-refractivity contribution >= 4 is 46.4 Å². The smallest absolute Gasteiger partial charge is 0.127 e. The Labute approximate surface area is 468 Å². The van der Waals surface area contributed by atoms with Crippen LogP contribution in [0.25, 0.3) is 90.9 Å². The fraction of sp³-hybridized carbons (Fsp3) is 0.222. The van der Waals surface area contributed by atoms with Gasteiger partial charge in [-0.05, 0) is 172 Å². The molecule has 80 heavy (non-hydrogen) atoms. The highest BCUT2D eigenvalue weighted by atomic mass is 16.5. The van der Waals surface area contributed by atoms with Crippen LogP contribution in [0.1, 0.15) is 96.4 Å². The molecular formula is C72H66N4O4. The molecule has 10 aliphatic rings. The van der Waals surface area contributed by atoms with E-state index in [9.17, 15) is 0 Å². The van der Waals surface area contributed by atoms with Crippen LogP contribution in [0.2, 0.25) is 0 Å². The number of para-hydroxylation sites is 4. The van der Waals surface area contributed by atoms with Crippen molar-refractivity contribution in [3.63, 3.8) is 0 Å². The van der Waals surface area contributed by atoms with E-state index >= 15 is 0 Å². The maximum absolute atomic E-state index is 6.84. The van der Waals surface area contributed by atoms with Gasteiger partial charge < -0.3 is 28.9 Å². The van der Waals surface area contributed by atoms with Crippen molar-refractivity contribution in [1.82, 2.24) is 19.9 Å². The predicted octanol–water partition coefficient (Wildman–Crippen LogP) is 17.6. The predicted molar refractivity (Wildman–Crippen MR) is 327 cm³/mol. The Hall–Kier alpha value is -8.88. The van der Waals surface area contributed by atoms with Crippen molar-refractivity contribution in [1.29, 1.82) is 0 Å². The summed E-state index contributed by atoms with van der Waals surface area (Å²) in [6.45, 7) is 2.33. The largest absolute Gasteiger partial charge is 0.493 e. The lowest BCUT2D eigenvalue weighted by Gasteiger charge is -2.14. The number of ether oxygens (including phenoxy) is 4. The van der Waals surface area contributed by atoms with E-state index in [1.807, 2.05) is 0 Å². The van der Waals surface area contributed by atoms with Gasteiger partial charge in [0.25, 0.3) is 0 Å². The molecule has 0 unspecified atom stereocenters. The number of rotatable bonds is 0. The van der Waals surface area contributed by atoms with Crippen LogP contribution >= 0.6 is 0 Å². The Kier molecular flexibility index (Phi) is 14.9. The Balaban J connectivity index is 1.09. The zero-order valence-corrected chi connectivity index (χ0v) is 45.3. The normalized spacial score (nSPS) is 15.0. The third kappa shape index (κ3) is 11.0. The number of aromatic amines is 2. The van der Waals surface area contributed by atoms with Crippen molar-refractivity contribution in [2.24, 2.45) is 0 Å².